The van der Waals surface area contributed by atoms with Crippen LogP contribution in [0.2, 0.25) is 0 Å². The standard InChI is InChI=1S/C17H16F3NO5/c1-2-25-15(23)12-11(8-22)21-14(13(12)17(18,19)20)16(24)26-9-10-6-4-3-5-7-10/h3-7,21-22H,2,8-9H2,1H3. The van der Waals surface area contributed by atoms with Gasteiger partial charge in [0, 0.05) is 0 Å². The first kappa shape index (κ1) is 19.5. The Morgan fingerprint density at radius 2 is 1.77 bits per heavy atom. The highest BCUT2D eigenvalue weighted by atomic mass is 19.4. The van der Waals surface area contributed by atoms with Gasteiger partial charge in [0.25, 0.3) is 0 Å². The molecule has 0 unspecified atom stereocenters. The normalized spacial score (nSPS) is 11.3. The summed E-state index contributed by atoms with van der Waals surface area (Å²) in [6, 6.07) is 8.37. The van der Waals surface area contributed by atoms with Gasteiger partial charge in [-0.05, 0) is 12.5 Å². The number of rotatable bonds is 6. The molecule has 2 aromatic rings. The third kappa shape index (κ3) is 4.23. The van der Waals surface area contributed by atoms with E-state index in [0.717, 1.165) is 0 Å². The number of benzene rings is 1. The molecule has 26 heavy (non-hydrogen) atoms. The maximum atomic E-state index is 13.5. The summed E-state index contributed by atoms with van der Waals surface area (Å²) < 4.78 is 49.9. The number of carbonyl (C=O) groups is 2. The zero-order chi connectivity index (χ0) is 19.3. The molecule has 0 fully saturated rings. The Kier molecular flexibility index (Phi) is 6.04. The van der Waals surface area contributed by atoms with Crippen molar-refractivity contribution in [1.82, 2.24) is 4.98 Å². The van der Waals surface area contributed by atoms with Crippen molar-refractivity contribution < 1.29 is 37.3 Å². The van der Waals surface area contributed by atoms with Crippen LogP contribution in [0.1, 0.15) is 44.6 Å². The number of aromatic amines is 1. The molecule has 2 N–H and O–H groups in total. The zero-order valence-electron chi connectivity index (χ0n) is 13.7. The highest BCUT2D eigenvalue weighted by molar-refractivity contribution is 5.99. The predicted molar refractivity (Wildman–Crippen MR) is 83.2 cm³/mol. The molecule has 2 rings (SSSR count). The number of aliphatic hydroxyl groups is 1. The molecule has 0 aliphatic rings. The molecule has 0 spiro atoms. The Morgan fingerprint density at radius 1 is 1.12 bits per heavy atom. The first-order chi connectivity index (χ1) is 12.3. The van der Waals surface area contributed by atoms with E-state index in [1.165, 1.54) is 6.92 Å². The van der Waals surface area contributed by atoms with Gasteiger partial charge in [-0.25, -0.2) is 9.59 Å². The van der Waals surface area contributed by atoms with Crippen LogP contribution >= 0.6 is 0 Å². The number of nitrogens with one attached hydrogen (secondary N) is 1. The van der Waals surface area contributed by atoms with Gasteiger partial charge in [-0.2, -0.15) is 13.2 Å². The number of aliphatic hydroxyl groups excluding tert-OH is 1. The fraction of sp³-hybridized carbons (Fsp3) is 0.294. The average Bonchev–Trinajstić information content (AvgIpc) is 3.01. The minimum absolute atomic E-state index is 0.167. The first-order valence-electron chi connectivity index (χ1n) is 7.60. The van der Waals surface area contributed by atoms with Gasteiger partial charge in [0.1, 0.15) is 17.9 Å². The molecule has 0 aliphatic carbocycles. The van der Waals surface area contributed by atoms with Crippen LogP contribution in [0.25, 0.3) is 0 Å². The number of hydrogen-bond acceptors (Lipinski definition) is 5. The summed E-state index contributed by atoms with van der Waals surface area (Å²) in [5, 5.41) is 9.27. The predicted octanol–water partition coefficient (Wildman–Crippen LogP) is 3.06. The Labute approximate surface area is 146 Å². The number of H-pyrrole nitrogens is 1. The highest BCUT2D eigenvalue weighted by Gasteiger charge is 2.44. The Morgan fingerprint density at radius 3 is 2.31 bits per heavy atom. The van der Waals surface area contributed by atoms with Crippen LogP contribution in [0, 0.1) is 0 Å². The molecule has 6 nitrogen and oxygen atoms in total. The third-order valence-corrected chi connectivity index (χ3v) is 3.42. The largest absolute Gasteiger partial charge is 0.462 e. The number of halogens is 3. The van der Waals surface area contributed by atoms with E-state index in [9.17, 15) is 27.9 Å². The van der Waals surface area contributed by atoms with E-state index < -0.39 is 47.2 Å². The summed E-state index contributed by atoms with van der Waals surface area (Å²) in [5.41, 5.74) is -3.29. The minimum atomic E-state index is -5.03. The second kappa shape index (κ2) is 8.05. The molecule has 0 atom stereocenters. The Bertz CT molecular complexity index is 784. The fourth-order valence-corrected chi connectivity index (χ4v) is 2.33. The van der Waals surface area contributed by atoms with Crippen LogP contribution in [-0.4, -0.2) is 28.6 Å². The van der Waals surface area contributed by atoms with Crippen molar-refractivity contribution in [1.29, 1.82) is 0 Å². The van der Waals surface area contributed by atoms with Gasteiger partial charge in [-0.1, -0.05) is 30.3 Å². The van der Waals surface area contributed by atoms with Crippen LogP contribution in [0.4, 0.5) is 13.2 Å². The van der Waals surface area contributed by atoms with Crippen molar-refractivity contribution in [3.63, 3.8) is 0 Å². The molecular weight excluding hydrogens is 355 g/mol. The number of alkyl halides is 3. The van der Waals surface area contributed by atoms with Crippen LogP contribution in [0.3, 0.4) is 0 Å². The molecular formula is C17H16F3NO5. The van der Waals surface area contributed by atoms with E-state index in [2.05, 4.69) is 9.72 Å². The van der Waals surface area contributed by atoms with E-state index >= 15 is 0 Å². The topological polar surface area (TPSA) is 88.6 Å². The zero-order valence-corrected chi connectivity index (χ0v) is 13.7. The maximum Gasteiger partial charge on any atom is 0.419 e. The van der Waals surface area contributed by atoms with Gasteiger partial charge < -0.3 is 19.6 Å². The van der Waals surface area contributed by atoms with Crippen molar-refractivity contribution in [3.05, 3.63) is 58.4 Å². The van der Waals surface area contributed by atoms with Crippen molar-refractivity contribution in [2.45, 2.75) is 26.3 Å². The molecule has 140 valence electrons. The molecule has 1 heterocycles. The molecule has 0 radical (unpaired) electrons. The lowest BCUT2D eigenvalue weighted by Gasteiger charge is -2.11. The summed E-state index contributed by atoms with van der Waals surface area (Å²) in [7, 11) is 0. The molecule has 0 bridgehead atoms. The lowest BCUT2D eigenvalue weighted by molar-refractivity contribution is -0.138. The maximum absolute atomic E-state index is 13.5. The first-order valence-corrected chi connectivity index (χ1v) is 7.60. The molecule has 1 aromatic heterocycles. The average molecular weight is 371 g/mol. The van der Waals surface area contributed by atoms with E-state index in [0.29, 0.717) is 5.56 Å². The van der Waals surface area contributed by atoms with Gasteiger partial charge in [0.2, 0.25) is 0 Å². The second-order valence-electron chi connectivity index (χ2n) is 5.17. The van der Waals surface area contributed by atoms with Gasteiger partial charge >= 0.3 is 18.1 Å². The molecule has 0 amide bonds. The van der Waals surface area contributed by atoms with Crippen molar-refractivity contribution in [2.24, 2.45) is 0 Å². The third-order valence-electron chi connectivity index (χ3n) is 3.42. The van der Waals surface area contributed by atoms with Crippen LogP contribution < -0.4 is 0 Å². The van der Waals surface area contributed by atoms with Crippen LogP contribution in [0.5, 0.6) is 0 Å². The quantitative estimate of drug-likeness (QED) is 0.762. The smallest absolute Gasteiger partial charge is 0.419 e. The fourth-order valence-electron chi connectivity index (χ4n) is 2.33. The highest BCUT2D eigenvalue weighted by Crippen LogP contribution is 2.37. The molecule has 0 saturated carbocycles. The summed E-state index contributed by atoms with van der Waals surface area (Å²) in [4.78, 5) is 26.2. The van der Waals surface area contributed by atoms with E-state index in [-0.39, 0.29) is 13.2 Å². The van der Waals surface area contributed by atoms with Crippen molar-refractivity contribution in [2.75, 3.05) is 6.61 Å². The minimum Gasteiger partial charge on any atom is -0.462 e. The van der Waals surface area contributed by atoms with Gasteiger partial charge in [0.15, 0.2) is 0 Å². The molecule has 0 aliphatic heterocycles. The van der Waals surface area contributed by atoms with Crippen LogP contribution in [-0.2, 0) is 28.9 Å². The lowest BCUT2D eigenvalue weighted by atomic mass is 10.1. The monoisotopic (exact) mass is 371 g/mol. The van der Waals surface area contributed by atoms with E-state index in [4.69, 9.17) is 4.74 Å². The Balaban J connectivity index is 2.40. The van der Waals surface area contributed by atoms with E-state index in [1.807, 2.05) is 0 Å². The number of ether oxygens (including phenoxy) is 2. The summed E-state index contributed by atoms with van der Waals surface area (Å²) in [6.07, 6.45) is -5.03. The van der Waals surface area contributed by atoms with Gasteiger partial charge in [0.05, 0.1) is 24.5 Å². The van der Waals surface area contributed by atoms with Gasteiger partial charge in [-0.15, -0.1) is 0 Å². The Hall–Kier alpha value is -2.81. The second-order valence-corrected chi connectivity index (χ2v) is 5.17. The number of aromatic nitrogens is 1. The molecule has 9 heteroatoms. The van der Waals surface area contributed by atoms with Crippen molar-refractivity contribution in [3.8, 4) is 0 Å². The summed E-state index contributed by atoms with van der Waals surface area (Å²) in [6.45, 7) is 0.0911. The van der Waals surface area contributed by atoms with Crippen molar-refractivity contribution >= 4 is 11.9 Å². The summed E-state index contributed by atoms with van der Waals surface area (Å²) in [5.74, 6) is -2.59. The lowest BCUT2D eigenvalue weighted by Crippen LogP contribution is -2.18. The summed E-state index contributed by atoms with van der Waals surface area (Å²) >= 11 is 0. The SMILES string of the molecule is CCOC(=O)c1c(CO)[nH]c(C(=O)OCc2ccccc2)c1C(F)(F)F. The number of esters is 2. The van der Waals surface area contributed by atoms with E-state index in [1.54, 1.807) is 30.3 Å². The number of hydrogen-bond donors (Lipinski definition) is 2. The molecule has 0 saturated heterocycles. The van der Waals surface area contributed by atoms with Crippen LogP contribution in [0.15, 0.2) is 30.3 Å². The number of carbonyl (C=O) groups excluding carboxylic acids is 2. The molecule has 1 aromatic carbocycles. The van der Waals surface area contributed by atoms with Gasteiger partial charge in [-0.3, -0.25) is 0 Å².